The van der Waals surface area contributed by atoms with Crippen LogP contribution in [0.1, 0.15) is 24.8 Å². The highest BCUT2D eigenvalue weighted by molar-refractivity contribution is 6.77. The van der Waals surface area contributed by atoms with Gasteiger partial charge in [0.2, 0.25) is 0 Å². The van der Waals surface area contributed by atoms with E-state index in [0.717, 1.165) is 29.9 Å². The molecule has 2 aromatic rings. The number of benzene rings is 2. The van der Waals surface area contributed by atoms with Gasteiger partial charge in [-0.2, -0.15) is 5.26 Å². The van der Waals surface area contributed by atoms with Crippen molar-refractivity contribution in [1.82, 2.24) is 0 Å². The standard InChI is InChI=1S/C22H30NO2Si2/c1-26(2)25-27(3,4)17-7-5-6-16-24-22-14-12-21(13-15-22)20-10-8-19(18-23)9-11-20/h8-15H,5-7,16-17H2,1-4H3. The zero-order chi connectivity index (χ0) is 19.7. The molecule has 5 heteroatoms. The van der Waals surface area contributed by atoms with Crippen LogP contribution in [0, 0.1) is 11.3 Å². The molecule has 0 unspecified atom stereocenters. The Morgan fingerprint density at radius 1 is 0.889 bits per heavy atom. The highest BCUT2D eigenvalue weighted by atomic mass is 28.4. The zero-order valence-electron chi connectivity index (χ0n) is 16.9. The first-order valence-corrected chi connectivity index (χ1v) is 15.1. The lowest BCUT2D eigenvalue weighted by Crippen LogP contribution is -2.34. The highest BCUT2D eigenvalue weighted by Gasteiger charge is 2.22. The second-order valence-electron chi connectivity index (χ2n) is 7.64. The predicted octanol–water partition coefficient (Wildman–Crippen LogP) is 6.25. The van der Waals surface area contributed by atoms with Crippen LogP contribution >= 0.6 is 0 Å². The van der Waals surface area contributed by atoms with E-state index in [9.17, 15) is 0 Å². The third kappa shape index (κ3) is 7.71. The first kappa shape index (κ1) is 21.4. The Labute approximate surface area is 166 Å². The Bertz CT molecular complexity index is 734. The molecule has 0 heterocycles. The van der Waals surface area contributed by atoms with Gasteiger partial charge >= 0.3 is 0 Å². The molecule has 2 rings (SSSR count). The molecule has 143 valence electrons. The van der Waals surface area contributed by atoms with E-state index >= 15 is 0 Å². The smallest absolute Gasteiger partial charge is 0.191 e. The second-order valence-corrected chi connectivity index (χ2v) is 14.3. The molecule has 0 bridgehead atoms. The van der Waals surface area contributed by atoms with Crippen LogP contribution in [0.25, 0.3) is 11.1 Å². The average Bonchev–Trinajstić information content (AvgIpc) is 2.64. The number of nitrogens with zero attached hydrogens (tertiary/aromatic N) is 1. The maximum absolute atomic E-state index is 8.88. The van der Waals surface area contributed by atoms with Crippen molar-refractivity contribution in [2.24, 2.45) is 0 Å². The summed E-state index contributed by atoms with van der Waals surface area (Å²) in [6.07, 6.45) is 3.51. The number of ether oxygens (including phenoxy) is 1. The summed E-state index contributed by atoms with van der Waals surface area (Å²) < 4.78 is 12.0. The van der Waals surface area contributed by atoms with Gasteiger partial charge in [0.15, 0.2) is 17.4 Å². The minimum absolute atomic E-state index is 0.578. The molecule has 0 aromatic heterocycles. The molecule has 1 radical (unpaired) electrons. The van der Waals surface area contributed by atoms with Gasteiger partial charge in [-0.05, 0) is 74.0 Å². The molecule has 0 atom stereocenters. The van der Waals surface area contributed by atoms with Gasteiger partial charge in [0, 0.05) is 0 Å². The van der Waals surface area contributed by atoms with Crippen LogP contribution in [0.4, 0.5) is 0 Å². The van der Waals surface area contributed by atoms with E-state index < -0.39 is 17.4 Å². The molecule has 0 spiro atoms. The second kappa shape index (κ2) is 10.5. The summed E-state index contributed by atoms with van der Waals surface area (Å²) in [4.78, 5) is 0. The Morgan fingerprint density at radius 2 is 1.48 bits per heavy atom. The van der Waals surface area contributed by atoms with Crippen molar-refractivity contribution in [1.29, 1.82) is 5.26 Å². The van der Waals surface area contributed by atoms with Gasteiger partial charge in [-0.25, -0.2) is 0 Å². The molecule has 0 N–H and O–H groups in total. The zero-order valence-corrected chi connectivity index (χ0v) is 18.9. The van der Waals surface area contributed by atoms with Crippen LogP contribution in [-0.4, -0.2) is 24.0 Å². The van der Waals surface area contributed by atoms with Crippen molar-refractivity contribution in [3.63, 3.8) is 0 Å². The molecule has 0 aliphatic heterocycles. The van der Waals surface area contributed by atoms with Crippen molar-refractivity contribution in [3.05, 3.63) is 54.1 Å². The van der Waals surface area contributed by atoms with Crippen LogP contribution in [0.3, 0.4) is 0 Å². The third-order valence-electron chi connectivity index (χ3n) is 4.37. The largest absolute Gasteiger partial charge is 0.494 e. The molecule has 2 aromatic carbocycles. The number of rotatable bonds is 10. The Hall–Kier alpha value is -1.88. The molecule has 0 aliphatic carbocycles. The normalized spacial score (nSPS) is 11.4. The van der Waals surface area contributed by atoms with E-state index in [1.807, 2.05) is 36.4 Å². The van der Waals surface area contributed by atoms with Gasteiger partial charge in [-0.1, -0.05) is 37.1 Å². The molecular formula is C22H30NO2Si2. The molecular weight excluding hydrogens is 366 g/mol. The summed E-state index contributed by atoms with van der Waals surface area (Å²) in [7, 11) is -2.03. The monoisotopic (exact) mass is 396 g/mol. The van der Waals surface area contributed by atoms with Gasteiger partial charge in [0.25, 0.3) is 0 Å². The Balaban J connectivity index is 1.70. The Kier molecular flexibility index (Phi) is 8.30. The van der Waals surface area contributed by atoms with E-state index in [1.54, 1.807) is 0 Å². The minimum atomic E-state index is -1.45. The van der Waals surface area contributed by atoms with Crippen LogP contribution < -0.4 is 4.74 Å². The van der Waals surface area contributed by atoms with Crippen LogP contribution in [0.15, 0.2) is 48.5 Å². The molecule has 3 nitrogen and oxygen atoms in total. The summed E-state index contributed by atoms with van der Waals surface area (Å²) in [6, 6.07) is 19.2. The molecule has 0 aliphatic rings. The fourth-order valence-corrected chi connectivity index (χ4v) is 9.03. The lowest BCUT2D eigenvalue weighted by molar-refractivity contribution is 0.306. The maximum Gasteiger partial charge on any atom is 0.191 e. The average molecular weight is 397 g/mol. The van der Waals surface area contributed by atoms with Crippen molar-refractivity contribution in [2.75, 3.05) is 6.61 Å². The van der Waals surface area contributed by atoms with E-state index in [4.69, 9.17) is 14.1 Å². The quantitative estimate of drug-likeness (QED) is 0.352. The van der Waals surface area contributed by atoms with E-state index in [1.165, 1.54) is 18.9 Å². The van der Waals surface area contributed by atoms with Crippen molar-refractivity contribution >= 4 is 17.4 Å². The van der Waals surface area contributed by atoms with Gasteiger partial charge in [-0.3, -0.25) is 0 Å². The number of hydrogen-bond acceptors (Lipinski definition) is 3. The lowest BCUT2D eigenvalue weighted by Gasteiger charge is -2.25. The molecule has 0 fully saturated rings. The van der Waals surface area contributed by atoms with Crippen molar-refractivity contribution < 1.29 is 8.85 Å². The summed E-state index contributed by atoms with van der Waals surface area (Å²) in [5.74, 6) is 0.912. The molecule has 0 saturated carbocycles. The Morgan fingerprint density at radius 3 is 2.04 bits per heavy atom. The van der Waals surface area contributed by atoms with Gasteiger partial charge in [-0.15, -0.1) is 0 Å². The van der Waals surface area contributed by atoms with Gasteiger partial charge in [0.1, 0.15) is 5.75 Å². The lowest BCUT2D eigenvalue weighted by atomic mass is 10.0. The molecule has 0 saturated heterocycles. The first-order chi connectivity index (χ1) is 12.9. The molecule has 0 amide bonds. The van der Waals surface area contributed by atoms with E-state index in [-0.39, 0.29) is 0 Å². The minimum Gasteiger partial charge on any atom is -0.494 e. The number of unbranched alkanes of at least 4 members (excludes halogenated alkanes) is 2. The maximum atomic E-state index is 8.88. The van der Waals surface area contributed by atoms with Crippen molar-refractivity contribution in [3.8, 4) is 22.9 Å². The van der Waals surface area contributed by atoms with Gasteiger partial charge in [0.05, 0.1) is 18.2 Å². The fraction of sp³-hybridized carbons (Fsp3) is 0.409. The SMILES string of the molecule is C[Si](C)O[Si](C)(C)CCCCCOc1ccc(-c2ccc(C#N)cc2)cc1. The third-order valence-corrected chi connectivity index (χ3v) is 9.77. The summed E-state index contributed by atoms with van der Waals surface area (Å²) in [5.41, 5.74) is 2.92. The van der Waals surface area contributed by atoms with Crippen molar-refractivity contribution in [2.45, 2.75) is 51.5 Å². The highest BCUT2D eigenvalue weighted by Crippen LogP contribution is 2.23. The van der Waals surface area contributed by atoms with E-state index in [2.05, 4.69) is 44.4 Å². The summed E-state index contributed by atoms with van der Waals surface area (Å²) in [6.45, 7) is 9.86. The summed E-state index contributed by atoms with van der Waals surface area (Å²) >= 11 is 0. The summed E-state index contributed by atoms with van der Waals surface area (Å²) in [5, 5.41) is 8.88. The van der Waals surface area contributed by atoms with Crippen LogP contribution in [0.2, 0.25) is 32.2 Å². The van der Waals surface area contributed by atoms with Gasteiger partial charge < -0.3 is 8.85 Å². The predicted molar refractivity (Wildman–Crippen MR) is 117 cm³/mol. The molecule has 27 heavy (non-hydrogen) atoms. The fourth-order valence-electron chi connectivity index (χ4n) is 3.10. The number of nitriles is 1. The number of hydrogen-bond donors (Lipinski definition) is 0. The van der Waals surface area contributed by atoms with Crippen LogP contribution in [0.5, 0.6) is 5.75 Å². The van der Waals surface area contributed by atoms with Crippen LogP contribution in [-0.2, 0) is 4.12 Å². The topological polar surface area (TPSA) is 42.2 Å². The first-order valence-electron chi connectivity index (χ1n) is 9.62. The van der Waals surface area contributed by atoms with E-state index in [0.29, 0.717) is 5.56 Å².